The first kappa shape index (κ1) is 12.9. The summed E-state index contributed by atoms with van der Waals surface area (Å²) in [5, 5.41) is 4.21. The molecular formula is C16H13FN4O. The van der Waals surface area contributed by atoms with E-state index < -0.39 is 0 Å². The Bertz CT molecular complexity index is 834. The Labute approximate surface area is 126 Å². The maximum atomic E-state index is 13.5. The molecule has 0 saturated heterocycles. The molecule has 1 aliphatic rings. The van der Waals surface area contributed by atoms with Crippen molar-refractivity contribution in [3.63, 3.8) is 0 Å². The number of benzene rings is 1. The second-order valence-corrected chi connectivity index (χ2v) is 5.11. The Morgan fingerprint density at radius 2 is 2.14 bits per heavy atom. The van der Waals surface area contributed by atoms with E-state index in [1.54, 1.807) is 12.3 Å². The smallest absolute Gasteiger partial charge is 0.164 e. The van der Waals surface area contributed by atoms with E-state index in [1.165, 1.54) is 18.5 Å². The van der Waals surface area contributed by atoms with Gasteiger partial charge in [-0.3, -0.25) is 0 Å². The van der Waals surface area contributed by atoms with Gasteiger partial charge in [0.2, 0.25) is 0 Å². The van der Waals surface area contributed by atoms with Gasteiger partial charge in [-0.1, -0.05) is 0 Å². The highest BCUT2D eigenvalue weighted by molar-refractivity contribution is 5.86. The van der Waals surface area contributed by atoms with Crippen LogP contribution in [0.5, 0.6) is 5.75 Å². The van der Waals surface area contributed by atoms with Crippen molar-refractivity contribution in [1.82, 2.24) is 15.0 Å². The number of nitrogens with zero attached hydrogens (tertiary/aromatic N) is 3. The van der Waals surface area contributed by atoms with Crippen LogP contribution in [0.15, 0.2) is 42.9 Å². The minimum atomic E-state index is -0.273. The first-order valence-corrected chi connectivity index (χ1v) is 7.06. The van der Waals surface area contributed by atoms with Gasteiger partial charge in [0.15, 0.2) is 5.65 Å². The molecule has 6 heteroatoms. The molecule has 0 aliphatic carbocycles. The van der Waals surface area contributed by atoms with Crippen LogP contribution in [0.1, 0.15) is 18.0 Å². The molecule has 0 saturated carbocycles. The quantitative estimate of drug-likeness (QED) is 0.787. The van der Waals surface area contributed by atoms with Crippen molar-refractivity contribution < 1.29 is 9.13 Å². The summed E-state index contributed by atoms with van der Waals surface area (Å²) in [7, 11) is 0. The second-order valence-electron chi connectivity index (χ2n) is 5.11. The van der Waals surface area contributed by atoms with Crippen LogP contribution in [0.3, 0.4) is 0 Å². The third-order valence-corrected chi connectivity index (χ3v) is 3.73. The third-order valence-electron chi connectivity index (χ3n) is 3.73. The lowest BCUT2D eigenvalue weighted by atomic mass is 10.0. The normalized spacial score (nSPS) is 16.9. The van der Waals surface area contributed by atoms with Crippen LogP contribution >= 0.6 is 0 Å². The monoisotopic (exact) mass is 296 g/mol. The Kier molecular flexibility index (Phi) is 3.07. The number of hydrogen-bond acceptors (Lipinski definition) is 5. The fraction of sp³-hybridized carbons (Fsp3) is 0.188. The summed E-state index contributed by atoms with van der Waals surface area (Å²) in [5.74, 6) is 1.13. The van der Waals surface area contributed by atoms with Crippen molar-refractivity contribution in [3.8, 4) is 5.75 Å². The van der Waals surface area contributed by atoms with Gasteiger partial charge in [0.05, 0.1) is 18.0 Å². The summed E-state index contributed by atoms with van der Waals surface area (Å²) in [4.78, 5) is 12.7. The fourth-order valence-electron chi connectivity index (χ4n) is 2.69. The van der Waals surface area contributed by atoms with E-state index >= 15 is 0 Å². The summed E-state index contributed by atoms with van der Waals surface area (Å²) >= 11 is 0. The van der Waals surface area contributed by atoms with Crippen LogP contribution in [0.4, 0.5) is 10.2 Å². The average Bonchev–Trinajstić information content (AvgIpc) is 2.56. The zero-order valence-corrected chi connectivity index (χ0v) is 11.7. The van der Waals surface area contributed by atoms with Crippen LogP contribution in [-0.2, 0) is 0 Å². The third kappa shape index (κ3) is 2.22. The summed E-state index contributed by atoms with van der Waals surface area (Å²) in [6.45, 7) is 0.581. The van der Waals surface area contributed by atoms with Gasteiger partial charge in [-0.2, -0.15) is 0 Å². The van der Waals surface area contributed by atoms with Crippen LogP contribution in [0.2, 0.25) is 0 Å². The van der Waals surface area contributed by atoms with Crippen LogP contribution in [-0.4, -0.2) is 21.6 Å². The number of hydrogen-bond donors (Lipinski definition) is 1. The van der Waals surface area contributed by atoms with Crippen LogP contribution in [0, 0.1) is 5.82 Å². The zero-order valence-electron chi connectivity index (χ0n) is 11.7. The predicted molar refractivity (Wildman–Crippen MR) is 80.2 cm³/mol. The first-order chi connectivity index (χ1) is 10.8. The molecule has 0 fully saturated rings. The summed E-state index contributed by atoms with van der Waals surface area (Å²) in [6.07, 6.45) is 3.91. The zero-order chi connectivity index (χ0) is 14.9. The summed E-state index contributed by atoms with van der Waals surface area (Å²) in [6, 6.07) is 8.28. The summed E-state index contributed by atoms with van der Waals surface area (Å²) < 4.78 is 19.1. The molecule has 0 amide bonds. The highest BCUT2D eigenvalue weighted by Crippen LogP contribution is 2.35. The van der Waals surface area contributed by atoms with E-state index in [2.05, 4.69) is 20.3 Å². The van der Waals surface area contributed by atoms with Crippen molar-refractivity contribution >= 4 is 16.9 Å². The van der Waals surface area contributed by atoms with E-state index in [9.17, 15) is 4.39 Å². The maximum absolute atomic E-state index is 13.5. The molecule has 110 valence electrons. The minimum absolute atomic E-state index is 0.0576. The molecule has 22 heavy (non-hydrogen) atoms. The molecule has 5 nitrogen and oxygen atoms in total. The molecule has 1 atom stereocenters. The molecule has 4 rings (SSSR count). The number of fused-ring (bicyclic) bond motifs is 2. The second kappa shape index (κ2) is 5.22. The van der Waals surface area contributed by atoms with Crippen molar-refractivity contribution in [2.45, 2.75) is 12.5 Å². The molecule has 1 N–H and O–H groups in total. The highest BCUT2D eigenvalue weighted by atomic mass is 19.1. The molecule has 3 aromatic rings. The molecule has 1 aromatic carbocycles. The molecule has 0 radical (unpaired) electrons. The molecule has 3 heterocycles. The Balaban J connectivity index is 1.74. The topological polar surface area (TPSA) is 59.9 Å². The minimum Gasteiger partial charge on any atom is -0.493 e. The van der Waals surface area contributed by atoms with E-state index in [0.29, 0.717) is 23.8 Å². The highest BCUT2D eigenvalue weighted by Gasteiger charge is 2.23. The van der Waals surface area contributed by atoms with Gasteiger partial charge < -0.3 is 10.1 Å². The number of pyridine rings is 1. The summed E-state index contributed by atoms with van der Waals surface area (Å²) in [5.41, 5.74) is 1.44. The van der Waals surface area contributed by atoms with Crippen LogP contribution < -0.4 is 10.1 Å². The number of ether oxygens (including phenoxy) is 1. The SMILES string of the molecule is Fc1ccc2c(c1)[C@@H](Nc1ncnc3ncccc13)CCO2. The van der Waals surface area contributed by atoms with Crippen molar-refractivity contribution in [2.24, 2.45) is 0 Å². The van der Waals surface area contributed by atoms with E-state index in [-0.39, 0.29) is 11.9 Å². The first-order valence-electron chi connectivity index (χ1n) is 7.06. The largest absolute Gasteiger partial charge is 0.493 e. The molecule has 1 aliphatic heterocycles. The predicted octanol–water partition coefficient (Wildman–Crippen LogP) is 3.10. The lowest BCUT2D eigenvalue weighted by Gasteiger charge is -2.27. The van der Waals surface area contributed by atoms with E-state index in [4.69, 9.17) is 4.74 Å². The van der Waals surface area contributed by atoms with Gasteiger partial charge in [-0.25, -0.2) is 19.3 Å². The van der Waals surface area contributed by atoms with Gasteiger partial charge >= 0.3 is 0 Å². The molecule has 0 unspecified atom stereocenters. The van der Waals surface area contributed by atoms with Crippen LogP contribution in [0.25, 0.3) is 11.0 Å². The number of anilines is 1. The fourth-order valence-corrected chi connectivity index (χ4v) is 2.69. The van der Waals surface area contributed by atoms with Crippen molar-refractivity contribution in [3.05, 3.63) is 54.2 Å². The van der Waals surface area contributed by atoms with Gasteiger partial charge in [0.1, 0.15) is 23.7 Å². The van der Waals surface area contributed by atoms with Gasteiger partial charge in [0, 0.05) is 18.2 Å². The van der Waals surface area contributed by atoms with Crippen molar-refractivity contribution in [2.75, 3.05) is 11.9 Å². The Morgan fingerprint density at radius 1 is 1.18 bits per heavy atom. The standard InChI is InChI=1S/C16H13FN4O/c17-10-3-4-14-12(8-10)13(5-7-22-14)21-16-11-2-1-6-18-15(11)19-9-20-16/h1-4,6,8-9,13H,5,7H2,(H,18,19,20,21)/t13-/m0/s1. The Morgan fingerprint density at radius 3 is 3.09 bits per heavy atom. The molecular weight excluding hydrogens is 283 g/mol. The van der Waals surface area contributed by atoms with Crippen molar-refractivity contribution in [1.29, 1.82) is 0 Å². The number of halogens is 1. The van der Waals surface area contributed by atoms with E-state index in [0.717, 1.165) is 17.4 Å². The van der Waals surface area contributed by atoms with Gasteiger partial charge in [0.25, 0.3) is 0 Å². The van der Waals surface area contributed by atoms with Gasteiger partial charge in [-0.05, 0) is 30.3 Å². The molecule has 0 bridgehead atoms. The lowest BCUT2D eigenvalue weighted by Crippen LogP contribution is -2.21. The van der Waals surface area contributed by atoms with Gasteiger partial charge in [-0.15, -0.1) is 0 Å². The average molecular weight is 296 g/mol. The number of nitrogens with one attached hydrogen (secondary N) is 1. The number of aromatic nitrogens is 3. The maximum Gasteiger partial charge on any atom is 0.164 e. The molecule has 2 aromatic heterocycles. The Hall–Kier alpha value is -2.76. The van der Waals surface area contributed by atoms with E-state index in [1.807, 2.05) is 12.1 Å². The molecule has 0 spiro atoms. The lowest BCUT2D eigenvalue weighted by molar-refractivity contribution is 0.273. The number of rotatable bonds is 2.